The summed E-state index contributed by atoms with van der Waals surface area (Å²) >= 11 is 1.51. The number of hydrogen-bond donors (Lipinski definition) is 1. The Morgan fingerprint density at radius 3 is 2.55 bits per heavy atom. The van der Waals surface area contributed by atoms with Crippen LogP contribution in [0, 0.1) is 6.92 Å². The van der Waals surface area contributed by atoms with Crippen LogP contribution in [0.5, 0.6) is 5.75 Å². The zero-order valence-electron chi connectivity index (χ0n) is 20.3. The highest BCUT2D eigenvalue weighted by molar-refractivity contribution is 7.23. The molecule has 0 fully saturated rings. The van der Waals surface area contributed by atoms with Gasteiger partial charge in [-0.05, 0) is 45.5 Å². The Bertz CT molecular complexity index is 1130. The molecule has 0 saturated carbocycles. The lowest BCUT2D eigenvalue weighted by Crippen LogP contribution is -2.28. The largest absolute Gasteiger partial charge is 0.490 e. The van der Waals surface area contributed by atoms with Crippen molar-refractivity contribution in [3.63, 3.8) is 0 Å². The van der Waals surface area contributed by atoms with Gasteiger partial charge in [0.1, 0.15) is 22.9 Å². The van der Waals surface area contributed by atoms with Crippen molar-refractivity contribution >= 4 is 32.4 Å². The zero-order chi connectivity index (χ0) is 24.0. The molecule has 0 aliphatic heterocycles. The Hall–Kier alpha value is -2.83. The molecule has 5 nitrogen and oxygen atoms in total. The van der Waals surface area contributed by atoms with Crippen molar-refractivity contribution in [1.82, 2.24) is 4.90 Å². The molecule has 2 aromatic carbocycles. The lowest BCUT2D eigenvalue weighted by Gasteiger charge is -2.19. The Morgan fingerprint density at radius 2 is 1.91 bits per heavy atom. The molecule has 1 heterocycles. The van der Waals surface area contributed by atoms with Crippen LogP contribution in [0.3, 0.4) is 0 Å². The van der Waals surface area contributed by atoms with Crippen LogP contribution in [0.15, 0.2) is 48.7 Å². The predicted octanol–water partition coefficient (Wildman–Crippen LogP) is 6.72. The quantitative estimate of drug-likeness (QED) is 0.318. The molecule has 6 heteroatoms. The number of rotatable bonds is 11. The normalized spacial score (nSPS) is 11.1. The zero-order valence-corrected chi connectivity index (χ0v) is 21.1. The van der Waals surface area contributed by atoms with E-state index in [9.17, 15) is 4.79 Å². The SMILES string of the molecule is C=C(C)Nc1sc2c(OCCN(CC)CC)c(-c3cccc(C)c3)ccc2c1C(=O)OCC. The van der Waals surface area contributed by atoms with Gasteiger partial charge in [0.2, 0.25) is 0 Å². The third-order valence-corrected chi connectivity index (χ3v) is 6.62. The topological polar surface area (TPSA) is 50.8 Å². The summed E-state index contributed by atoms with van der Waals surface area (Å²) in [7, 11) is 0. The van der Waals surface area contributed by atoms with Gasteiger partial charge in [-0.3, -0.25) is 0 Å². The van der Waals surface area contributed by atoms with E-state index in [0.29, 0.717) is 18.8 Å². The van der Waals surface area contributed by atoms with Crippen LogP contribution in [0.4, 0.5) is 5.00 Å². The molecule has 0 aliphatic carbocycles. The Balaban J connectivity index is 2.17. The van der Waals surface area contributed by atoms with E-state index in [0.717, 1.165) is 57.3 Å². The summed E-state index contributed by atoms with van der Waals surface area (Å²) in [6.45, 7) is 17.7. The fraction of sp³-hybridized carbons (Fsp3) is 0.370. The van der Waals surface area contributed by atoms with E-state index in [1.165, 1.54) is 16.9 Å². The molecule has 0 aliphatic rings. The number of fused-ring (bicyclic) bond motifs is 1. The fourth-order valence-corrected chi connectivity index (χ4v) is 5.09. The van der Waals surface area contributed by atoms with Crippen molar-refractivity contribution in [1.29, 1.82) is 0 Å². The Morgan fingerprint density at radius 1 is 1.15 bits per heavy atom. The van der Waals surface area contributed by atoms with Crippen LogP contribution in [0.1, 0.15) is 43.6 Å². The van der Waals surface area contributed by atoms with Gasteiger partial charge in [0, 0.05) is 23.2 Å². The standard InChI is InChI=1S/C27H34N2O3S/c1-7-29(8-2)15-16-32-24-21(20-12-10-11-19(6)17-20)13-14-22-23(27(30)31-9-3)26(28-18(4)5)33-25(22)24/h10-14,17,28H,4,7-9,15-16H2,1-3,5-6H3. The number of thiophene rings is 1. The number of esters is 1. The molecule has 3 aromatic rings. The highest BCUT2D eigenvalue weighted by Gasteiger charge is 2.24. The minimum atomic E-state index is -0.343. The second-order valence-electron chi connectivity index (χ2n) is 8.00. The number of carbonyl (C=O) groups is 1. The summed E-state index contributed by atoms with van der Waals surface area (Å²) < 4.78 is 12.8. The van der Waals surface area contributed by atoms with Crippen LogP contribution in [-0.4, -0.2) is 43.7 Å². The van der Waals surface area contributed by atoms with Gasteiger partial charge in [-0.2, -0.15) is 0 Å². The van der Waals surface area contributed by atoms with Gasteiger partial charge in [0.25, 0.3) is 0 Å². The Kier molecular flexibility index (Phi) is 8.53. The number of benzene rings is 2. The number of nitrogens with zero attached hydrogens (tertiary/aromatic N) is 1. The van der Waals surface area contributed by atoms with Crippen LogP contribution in [-0.2, 0) is 4.74 Å². The molecule has 0 spiro atoms. The minimum absolute atomic E-state index is 0.317. The van der Waals surface area contributed by atoms with Crippen molar-refractivity contribution in [2.24, 2.45) is 0 Å². The first-order chi connectivity index (χ1) is 15.9. The Labute approximate surface area is 201 Å². The van der Waals surface area contributed by atoms with Crippen molar-refractivity contribution in [3.8, 4) is 16.9 Å². The molecular formula is C27H34N2O3S. The molecule has 0 saturated heterocycles. The first kappa shape index (κ1) is 24.8. The maximum absolute atomic E-state index is 12.9. The molecule has 3 rings (SSSR count). The summed E-state index contributed by atoms with van der Waals surface area (Å²) in [5, 5.41) is 4.81. The van der Waals surface area contributed by atoms with Crippen molar-refractivity contribution < 1.29 is 14.3 Å². The average molecular weight is 467 g/mol. The number of nitrogens with one attached hydrogen (secondary N) is 1. The second-order valence-corrected chi connectivity index (χ2v) is 9.02. The maximum Gasteiger partial charge on any atom is 0.341 e. The predicted molar refractivity (Wildman–Crippen MR) is 140 cm³/mol. The van der Waals surface area contributed by atoms with E-state index in [-0.39, 0.29) is 5.97 Å². The van der Waals surface area contributed by atoms with Crippen molar-refractivity contribution in [3.05, 3.63) is 59.8 Å². The molecule has 0 atom stereocenters. The van der Waals surface area contributed by atoms with Crippen LogP contribution < -0.4 is 10.1 Å². The summed E-state index contributed by atoms with van der Waals surface area (Å²) in [4.78, 5) is 15.2. The van der Waals surface area contributed by atoms with Gasteiger partial charge in [-0.15, -0.1) is 11.3 Å². The minimum Gasteiger partial charge on any atom is -0.490 e. The van der Waals surface area contributed by atoms with Crippen LogP contribution in [0.2, 0.25) is 0 Å². The number of aryl methyl sites for hydroxylation is 1. The summed E-state index contributed by atoms with van der Waals surface area (Å²) in [5.74, 6) is 0.459. The highest BCUT2D eigenvalue weighted by atomic mass is 32.1. The number of anilines is 1. The molecule has 1 N–H and O–H groups in total. The van der Waals surface area contributed by atoms with E-state index >= 15 is 0 Å². The lowest BCUT2D eigenvalue weighted by atomic mass is 10.0. The molecule has 0 unspecified atom stereocenters. The second kappa shape index (κ2) is 11.3. The molecule has 1 aromatic heterocycles. The molecular weight excluding hydrogens is 432 g/mol. The van der Waals surface area contributed by atoms with E-state index in [4.69, 9.17) is 9.47 Å². The number of ether oxygens (including phenoxy) is 2. The maximum atomic E-state index is 12.9. The van der Waals surface area contributed by atoms with Crippen LogP contribution in [0.25, 0.3) is 21.2 Å². The lowest BCUT2D eigenvalue weighted by molar-refractivity contribution is 0.0530. The number of likely N-dealkylation sites (N-methyl/N-ethyl adjacent to an activating group) is 1. The highest BCUT2D eigenvalue weighted by Crippen LogP contribution is 2.46. The fourth-order valence-electron chi connectivity index (χ4n) is 3.82. The van der Waals surface area contributed by atoms with Crippen molar-refractivity contribution in [2.45, 2.75) is 34.6 Å². The number of carbonyl (C=O) groups excluding carboxylic acids is 1. The van der Waals surface area contributed by atoms with Crippen LogP contribution >= 0.6 is 11.3 Å². The van der Waals surface area contributed by atoms with E-state index in [1.54, 1.807) is 0 Å². The first-order valence-electron chi connectivity index (χ1n) is 11.5. The monoisotopic (exact) mass is 466 g/mol. The first-order valence-corrected chi connectivity index (χ1v) is 12.3. The molecule has 0 amide bonds. The van der Waals surface area contributed by atoms with E-state index < -0.39 is 0 Å². The third kappa shape index (κ3) is 5.75. The number of allylic oxidation sites excluding steroid dienone is 1. The summed E-state index contributed by atoms with van der Waals surface area (Å²) in [5.41, 5.74) is 4.59. The molecule has 33 heavy (non-hydrogen) atoms. The van der Waals surface area contributed by atoms with Gasteiger partial charge in [0.05, 0.1) is 11.3 Å². The molecule has 0 bridgehead atoms. The van der Waals surface area contributed by atoms with Crippen molar-refractivity contribution in [2.75, 3.05) is 38.2 Å². The van der Waals surface area contributed by atoms with Gasteiger partial charge in [-0.25, -0.2) is 4.79 Å². The molecule has 176 valence electrons. The number of hydrogen-bond acceptors (Lipinski definition) is 6. The molecule has 0 radical (unpaired) electrons. The van der Waals surface area contributed by atoms with Gasteiger partial charge in [0.15, 0.2) is 0 Å². The van der Waals surface area contributed by atoms with Gasteiger partial charge in [-0.1, -0.05) is 56.3 Å². The average Bonchev–Trinajstić information content (AvgIpc) is 3.14. The smallest absolute Gasteiger partial charge is 0.341 e. The van der Waals surface area contributed by atoms with Gasteiger partial charge < -0.3 is 19.7 Å². The third-order valence-electron chi connectivity index (χ3n) is 5.50. The summed E-state index contributed by atoms with van der Waals surface area (Å²) in [6, 6.07) is 12.4. The van der Waals surface area contributed by atoms with E-state index in [2.05, 4.69) is 61.8 Å². The van der Waals surface area contributed by atoms with Gasteiger partial charge >= 0.3 is 5.97 Å². The summed E-state index contributed by atoms with van der Waals surface area (Å²) in [6.07, 6.45) is 0. The van der Waals surface area contributed by atoms with E-state index in [1.807, 2.05) is 26.0 Å².